The highest BCUT2D eigenvalue weighted by Gasteiger charge is 2.10. The topological polar surface area (TPSA) is 26.3 Å². The Labute approximate surface area is 110 Å². The Morgan fingerprint density at radius 3 is 2.53 bits per heavy atom. The molecular formula is C14H22O2S. The number of esters is 1. The van der Waals surface area contributed by atoms with Crippen LogP contribution in [0, 0.1) is 0 Å². The van der Waals surface area contributed by atoms with Crippen LogP contribution in [0.15, 0.2) is 23.8 Å². The maximum Gasteiger partial charge on any atom is 0.334 e. The van der Waals surface area contributed by atoms with E-state index in [9.17, 15) is 4.79 Å². The summed E-state index contributed by atoms with van der Waals surface area (Å²) in [7, 11) is 0. The van der Waals surface area contributed by atoms with E-state index in [1.165, 1.54) is 25.7 Å². The smallest absolute Gasteiger partial charge is 0.334 e. The highest BCUT2D eigenvalue weighted by atomic mass is 32.1. The molecule has 96 valence electrons. The number of unbranched alkanes of at least 4 members (excludes halogenated alkanes) is 5. The van der Waals surface area contributed by atoms with Gasteiger partial charge in [0.15, 0.2) is 0 Å². The van der Waals surface area contributed by atoms with E-state index in [0.29, 0.717) is 6.61 Å². The molecule has 1 rings (SSSR count). The lowest BCUT2D eigenvalue weighted by Gasteiger charge is -2.05. The molecule has 0 aliphatic heterocycles. The van der Waals surface area contributed by atoms with E-state index < -0.39 is 0 Å². The Bertz CT molecular complexity index is 282. The van der Waals surface area contributed by atoms with Crippen LogP contribution in [0.4, 0.5) is 0 Å². The first-order valence-electron chi connectivity index (χ1n) is 6.48. The summed E-state index contributed by atoms with van der Waals surface area (Å²) in [5.41, 5.74) is 0.777. The van der Waals surface area contributed by atoms with E-state index in [1.807, 2.05) is 18.2 Å². The van der Waals surface area contributed by atoms with E-state index in [1.54, 1.807) is 0 Å². The van der Waals surface area contributed by atoms with Gasteiger partial charge in [-0.2, -0.15) is 12.6 Å². The number of ether oxygens (including phenoxy) is 1. The SMILES string of the molecule is O=C(OCCCCCCCCS)C1=CC=CC1. The first-order valence-corrected chi connectivity index (χ1v) is 7.11. The average Bonchev–Trinajstić information content (AvgIpc) is 2.86. The van der Waals surface area contributed by atoms with Crippen molar-refractivity contribution in [2.75, 3.05) is 12.4 Å². The first kappa shape index (κ1) is 14.4. The van der Waals surface area contributed by atoms with E-state index in [-0.39, 0.29) is 5.97 Å². The average molecular weight is 254 g/mol. The molecule has 0 unspecified atom stereocenters. The molecule has 0 heterocycles. The second kappa shape index (κ2) is 9.34. The van der Waals surface area contributed by atoms with Gasteiger partial charge in [0.05, 0.1) is 6.61 Å². The minimum atomic E-state index is -0.148. The number of carbonyl (C=O) groups excluding carboxylic acids is 1. The predicted octanol–water partition coefficient (Wildman–Crippen LogP) is 3.69. The minimum Gasteiger partial charge on any atom is -0.462 e. The molecule has 0 aromatic heterocycles. The van der Waals surface area contributed by atoms with Crippen LogP contribution in [-0.4, -0.2) is 18.3 Å². The third kappa shape index (κ3) is 6.57. The number of rotatable bonds is 9. The zero-order chi connectivity index (χ0) is 12.3. The van der Waals surface area contributed by atoms with Crippen molar-refractivity contribution in [3.8, 4) is 0 Å². The van der Waals surface area contributed by atoms with Crippen molar-refractivity contribution in [2.45, 2.75) is 44.9 Å². The molecule has 0 aromatic carbocycles. The lowest BCUT2D eigenvalue weighted by atomic mass is 10.1. The van der Waals surface area contributed by atoms with Crippen molar-refractivity contribution in [3.63, 3.8) is 0 Å². The Kier molecular flexibility index (Phi) is 7.89. The van der Waals surface area contributed by atoms with E-state index in [4.69, 9.17) is 4.74 Å². The van der Waals surface area contributed by atoms with Crippen molar-refractivity contribution >= 4 is 18.6 Å². The van der Waals surface area contributed by atoms with Gasteiger partial charge >= 0.3 is 5.97 Å². The summed E-state index contributed by atoms with van der Waals surface area (Å²) in [5.74, 6) is 0.839. The van der Waals surface area contributed by atoms with Gasteiger partial charge in [-0.05, 0) is 25.0 Å². The van der Waals surface area contributed by atoms with Gasteiger partial charge in [-0.3, -0.25) is 0 Å². The van der Waals surface area contributed by atoms with Crippen LogP contribution >= 0.6 is 12.6 Å². The van der Waals surface area contributed by atoms with Crippen molar-refractivity contribution in [1.82, 2.24) is 0 Å². The van der Waals surface area contributed by atoms with Crippen molar-refractivity contribution in [2.24, 2.45) is 0 Å². The second-order valence-corrected chi connectivity index (χ2v) is 4.75. The van der Waals surface area contributed by atoms with Crippen LogP contribution in [0.1, 0.15) is 44.9 Å². The van der Waals surface area contributed by atoms with E-state index in [0.717, 1.165) is 30.6 Å². The molecule has 0 bridgehead atoms. The molecule has 0 N–H and O–H groups in total. The van der Waals surface area contributed by atoms with Crippen LogP contribution in [-0.2, 0) is 9.53 Å². The van der Waals surface area contributed by atoms with Crippen LogP contribution in [0.25, 0.3) is 0 Å². The van der Waals surface area contributed by atoms with Gasteiger partial charge < -0.3 is 4.74 Å². The Morgan fingerprint density at radius 2 is 1.88 bits per heavy atom. The summed E-state index contributed by atoms with van der Waals surface area (Å²) >= 11 is 4.18. The van der Waals surface area contributed by atoms with Gasteiger partial charge in [0.25, 0.3) is 0 Å². The third-order valence-corrected chi connectivity index (χ3v) is 3.14. The minimum absolute atomic E-state index is 0.148. The molecule has 17 heavy (non-hydrogen) atoms. The fraction of sp³-hybridized carbons (Fsp3) is 0.643. The summed E-state index contributed by atoms with van der Waals surface area (Å²) in [5, 5.41) is 0. The maximum absolute atomic E-state index is 11.5. The normalized spacial score (nSPS) is 13.8. The molecule has 0 aromatic rings. The van der Waals surface area contributed by atoms with E-state index >= 15 is 0 Å². The summed E-state index contributed by atoms with van der Waals surface area (Å²) in [4.78, 5) is 11.5. The molecule has 1 aliphatic rings. The monoisotopic (exact) mass is 254 g/mol. The van der Waals surface area contributed by atoms with Crippen molar-refractivity contribution in [1.29, 1.82) is 0 Å². The van der Waals surface area contributed by atoms with Gasteiger partial charge in [0, 0.05) is 5.57 Å². The molecule has 0 amide bonds. The zero-order valence-electron chi connectivity index (χ0n) is 10.4. The summed E-state index contributed by atoms with van der Waals surface area (Å²) in [6.07, 6.45) is 13.5. The van der Waals surface area contributed by atoms with Crippen LogP contribution < -0.4 is 0 Å². The highest BCUT2D eigenvalue weighted by molar-refractivity contribution is 7.80. The Morgan fingerprint density at radius 1 is 1.18 bits per heavy atom. The number of thiol groups is 1. The molecule has 0 fully saturated rings. The zero-order valence-corrected chi connectivity index (χ0v) is 11.3. The largest absolute Gasteiger partial charge is 0.462 e. The molecule has 2 nitrogen and oxygen atoms in total. The number of hydrogen-bond acceptors (Lipinski definition) is 3. The standard InChI is InChI=1S/C14H22O2S/c15-14(13-9-5-6-10-13)16-11-7-3-1-2-4-8-12-17/h5-6,9,17H,1-4,7-8,10-12H2. The molecule has 0 saturated heterocycles. The van der Waals surface area contributed by atoms with Crippen LogP contribution in [0.3, 0.4) is 0 Å². The highest BCUT2D eigenvalue weighted by Crippen LogP contribution is 2.12. The molecular weight excluding hydrogens is 232 g/mol. The van der Waals surface area contributed by atoms with Gasteiger partial charge in [0.2, 0.25) is 0 Å². The predicted molar refractivity (Wildman–Crippen MR) is 74.4 cm³/mol. The van der Waals surface area contributed by atoms with Crippen molar-refractivity contribution in [3.05, 3.63) is 23.8 Å². The quantitative estimate of drug-likeness (QED) is 0.386. The molecule has 1 aliphatic carbocycles. The van der Waals surface area contributed by atoms with Gasteiger partial charge in [0.1, 0.15) is 0 Å². The summed E-state index contributed by atoms with van der Waals surface area (Å²) < 4.78 is 5.19. The molecule has 0 radical (unpaired) electrons. The fourth-order valence-electron chi connectivity index (χ4n) is 1.78. The molecule has 0 atom stereocenters. The Hall–Kier alpha value is -0.700. The lowest BCUT2D eigenvalue weighted by molar-refractivity contribution is -0.139. The van der Waals surface area contributed by atoms with Crippen molar-refractivity contribution < 1.29 is 9.53 Å². The first-order chi connectivity index (χ1) is 8.34. The van der Waals surface area contributed by atoms with E-state index in [2.05, 4.69) is 12.6 Å². The second-order valence-electron chi connectivity index (χ2n) is 4.31. The number of hydrogen-bond donors (Lipinski definition) is 1. The molecule has 3 heteroatoms. The summed E-state index contributed by atoms with van der Waals surface area (Å²) in [6.45, 7) is 0.558. The Balaban J connectivity index is 1.89. The third-order valence-electron chi connectivity index (χ3n) is 2.82. The maximum atomic E-state index is 11.5. The lowest BCUT2D eigenvalue weighted by Crippen LogP contribution is -2.07. The summed E-state index contributed by atoms with van der Waals surface area (Å²) in [6, 6.07) is 0. The fourth-order valence-corrected chi connectivity index (χ4v) is 2.00. The van der Waals surface area contributed by atoms with Gasteiger partial charge in [-0.1, -0.05) is 43.9 Å². The molecule has 0 spiro atoms. The number of carbonyl (C=O) groups is 1. The van der Waals surface area contributed by atoms with Crippen LogP contribution in [0.2, 0.25) is 0 Å². The number of allylic oxidation sites excluding steroid dienone is 3. The van der Waals surface area contributed by atoms with Gasteiger partial charge in [-0.15, -0.1) is 0 Å². The van der Waals surface area contributed by atoms with Crippen LogP contribution in [0.5, 0.6) is 0 Å². The van der Waals surface area contributed by atoms with Gasteiger partial charge in [-0.25, -0.2) is 4.79 Å². The molecule has 0 saturated carbocycles.